The molecule has 0 spiro atoms. The highest BCUT2D eigenvalue weighted by atomic mass is 16.6. The van der Waals surface area contributed by atoms with E-state index in [9.17, 15) is 5.11 Å². The van der Waals surface area contributed by atoms with E-state index < -0.39 is 13.3 Å². The molecule has 0 bridgehead atoms. The van der Waals surface area contributed by atoms with E-state index in [-0.39, 0.29) is 0 Å². The van der Waals surface area contributed by atoms with Crippen molar-refractivity contribution in [2.45, 2.75) is 12.6 Å². The second-order valence-electron chi connectivity index (χ2n) is 5.07. The molecule has 6 heteroatoms. The Morgan fingerprint density at radius 3 is 2.52 bits per heavy atom. The number of hydrogen-bond donors (Lipinski definition) is 1. The van der Waals surface area contributed by atoms with E-state index in [0.29, 0.717) is 25.2 Å². The highest BCUT2D eigenvalue weighted by Gasteiger charge is 2.28. The summed E-state index contributed by atoms with van der Waals surface area (Å²) in [6.07, 6.45) is 3.64. The normalized spacial score (nSPS) is 23.5. The Hall–Kier alpha value is -1.63. The Labute approximate surface area is 125 Å². The highest BCUT2D eigenvalue weighted by molar-refractivity contribution is 6.84. The Morgan fingerprint density at radius 1 is 1.14 bits per heavy atom. The maximum Gasteiger partial charge on any atom is 0.513 e. The van der Waals surface area contributed by atoms with E-state index in [1.807, 2.05) is 30.4 Å². The van der Waals surface area contributed by atoms with Gasteiger partial charge in [0.1, 0.15) is 6.23 Å². The number of aliphatic hydroxyl groups excluding tert-OH is 1. The molecule has 1 saturated heterocycles. The Bertz CT molecular complexity index is 511. The summed E-state index contributed by atoms with van der Waals surface area (Å²) in [6, 6.07) is 10.2. The third-order valence-corrected chi connectivity index (χ3v) is 3.56. The number of aliphatic hydroxyl groups is 1. The molecular weight excluding hydrogens is 267 g/mol. The molecule has 0 amide bonds. The minimum Gasteiger partial charge on any atom is -0.404 e. The first-order chi connectivity index (χ1) is 10.3. The maximum atomic E-state index is 9.57. The molecule has 3 rings (SSSR count). The van der Waals surface area contributed by atoms with Crippen LogP contribution in [0.1, 0.15) is 6.42 Å². The lowest BCUT2D eigenvalue weighted by Crippen LogP contribution is -2.43. The molecule has 0 radical (unpaired) electrons. The Kier molecular flexibility index (Phi) is 4.70. The van der Waals surface area contributed by atoms with Crippen LogP contribution in [0.2, 0.25) is 0 Å². The van der Waals surface area contributed by atoms with E-state index in [4.69, 9.17) is 9.31 Å². The molecule has 0 aliphatic carbocycles. The molecular formula is C15H19BN2O3. The van der Waals surface area contributed by atoms with Gasteiger partial charge < -0.3 is 19.3 Å². The van der Waals surface area contributed by atoms with Gasteiger partial charge in [-0.1, -0.05) is 24.3 Å². The maximum absolute atomic E-state index is 9.57. The zero-order chi connectivity index (χ0) is 14.5. The van der Waals surface area contributed by atoms with Crippen molar-refractivity contribution in [1.82, 2.24) is 0 Å². The number of allylic oxidation sites excluding steroid dienone is 1. The first kappa shape index (κ1) is 14.3. The number of hydrogen-bond acceptors (Lipinski definition) is 5. The van der Waals surface area contributed by atoms with E-state index in [0.717, 1.165) is 13.1 Å². The van der Waals surface area contributed by atoms with Crippen molar-refractivity contribution < 1.29 is 14.4 Å². The lowest BCUT2D eigenvalue weighted by atomic mass is 9.80. The molecule has 110 valence electrons. The fraction of sp³-hybridized carbons (Fsp3) is 0.400. The van der Waals surface area contributed by atoms with Gasteiger partial charge in [-0.15, -0.1) is 0 Å². The molecule has 2 aliphatic heterocycles. The van der Waals surface area contributed by atoms with Gasteiger partial charge in [-0.2, -0.15) is 0 Å². The van der Waals surface area contributed by atoms with Crippen LogP contribution in [0.15, 0.2) is 47.5 Å². The van der Waals surface area contributed by atoms with Gasteiger partial charge in [0.05, 0.1) is 5.61 Å². The topological polar surface area (TPSA) is 54.3 Å². The summed E-state index contributed by atoms with van der Waals surface area (Å²) < 4.78 is 11.5. The van der Waals surface area contributed by atoms with Crippen molar-refractivity contribution in [3.05, 3.63) is 42.5 Å². The quantitative estimate of drug-likeness (QED) is 0.832. The van der Waals surface area contributed by atoms with E-state index in [1.165, 1.54) is 5.69 Å². The average molecular weight is 286 g/mol. The highest BCUT2D eigenvalue weighted by Crippen LogP contribution is 2.15. The first-order valence-electron chi connectivity index (χ1n) is 7.28. The van der Waals surface area contributed by atoms with Crippen molar-refractivity contribution in [2.24, 2.45) is 4.99 Å². The number of nitrogens with zero attached hydrogens (tertiary/aromatic N) is 2. The molecule has 1 N–H and O–H groups in total. The van der Waals surface area contributed by atoms with Gasteiger partial charge in [-0.3, -0.25) is 4.99 Å². The summed E-state index contributed by atoms with van der Waals surface area (Å²) in [4.78, 5) is 6.42. The third-order valence-electron chi connectivity index (χ3n) is 3.56. The Morgan fingerprint density at radius 2 is 1.86 bits per heavy atom. The van der Waals surface area contributed by atoms with Crippen LogP contribution in [0.5, 0.6) is 0 Å². The largest absolute Gasteiger partial charge is 0.513 e. The molecule has 1 fully saturated rings. The van der Waals surface area contributed by atoms with Crippen LogP contribution < -0.4 is 4.90 Å². The average Bonchev–Trinajstić information content (AvgIpc) is 2.48. The van der Waals surface area contributed by atoms with Crippen LogP contribution >= 0.6 is 0 Å². The third kappa shape index (κ3) is 3.72. The van der Waals surface area contributed by atoms with Crippen LogP contribution in [-0.2, 0) is 9.31 Å². The molecule has 1 aromatic rings. The molecule has 0 saturated carbocycles. The number of dihydropyridines is 1. The fourth-order valence-electron chi connectivity index (χ4n) is 2.49. The van der Waals surface area contributed by atoms with Crippen LogP contribution in [0.4, 0.5) is 5.69 Å². The molecule has 2 heterocycles. The van der Waals surface area contributed by atoms with Crippen molar-refractivity contribution in [3.63, 3.8) is 0 Å². The van der Waals surface area contributed by atoms with Gasteiger partial charge in [0.25, 0.3) is 0 Å². The van der Waals surface area contributed by atoms with Gasteiger partial charge in [-0.05, 0) is 18.2 Å². The molecule has 0 aromatic heterocycles. The minimum absolute atomic E-state index is 0.478. The second kappa shape index (κ2) is 6.89. The summed E-state index contributed by atoms with van der Waals surface area (Å²) in [5.74, 6) is 0. The fourth-order valence-corrected chi connectivity index (χ4v) is 2.49. The van der Waals surface area contributed by atoms with E-state index in [2.05, 4.69) is 22.0 Å². The molecule has 5 nitrogen and oxygen atoms in total. The molecule has 2 aliphatic rings. The monoisotopic (exact) mass is 286 g/mol. The lowest BCUT2D eigenvalue weighted by Gasteiger charge is -2.29. The van der Waals surface area contributed by atoms with Crippen molar-refractivity contribution >= 4 is 18.4 Å². The summed E-state index contributed by atoms with van der Waals surface area (Å²) in [5, 5.41) is 9.57. The van der Waals surface area contributed by atoms with Crippen LogP contribution in [0, 0.1) is 0 Å². The number of rotatable bonds is 2. The minimum atomic E-state index is -0.677. The van der Waals surface area contributed by atoms with Gasteiger partial charge in [-0.25, -0.2) is 0 Å². The SMILES string of the molecule is OC1CC=CC(B2OCCN(c3ccccc3)CCO2)=N1. The standard InChI is InChI=1S/C15H19BN2O3/c19-15-8-4-7-14(17-15)16-20-11-9-18(10-12-21-16)13-5-2-1-3-6-13/h1-7,15,19H,8-12H2. The first-order valence-corrected chi connectivity index (χ1v) is 7.28. The number of benzene rings is 1. The summed E-state index contributed by atoms with van der Waals surface area (Å²) in [5.41, 5.74) is 1.84. The lowest BCUT2D eigenvalue weighted by molar-refractivity contribution is 0.182. The van der Waals surface area contributed by atoms with E-state index in [1.54, 1.807) is 0 Å². The van der Waals surface area contributed by atoms with Gasteiger partial charge in [0, 0.05) is 38.4 Å². The van der Waals surface area contributed by atoms with Crippen LogP contribution in [-0.4, -0.2) is 50.4 Å². The van der Waals surface area contributed by atoms with Crippen molar-refractivity contribution in [1.29, 1.82) is 0 Å². The summed E-state index contributed by atoms with van der Waals surface area (Å²) in [7, 11) is -0.478. The van der Waals surface area contributed by atoms with Crippen molar-refractivity contribution in [2.75, 3.05) is 31.2 Å². The molecule has 21 heavy (non-hydrogen) atoms. The zero-order valence-corrected chi connectivity index (χ0v) is 11.9. The Balaban J connectivity index is 1.60. The van der Waals surface area contributed by atoms with Crippen LogP contribution in [0.3, 0.4) is 0 Å². The number of aliphatic imine (C=N–C) groups is 1. The van der Waals surface area contributed by atoms with Gasteiger partial charge in [0.15, 0.2) is 0 Å². The summed E-state index contributed by atoms with van der Waals surface area (Å²) in [6.45, 7) is 2.73. The number of para-hydroxylation sites is 1. The van der Waals surface area contributed by atoms with Gasteiger partial charge in [0.2, 0.25) is 0 Å². The van der Waals surface area contributed by atoms with Crippen LogP contribution in [0.25, 0.3) is 0 Å². The smallest absolute Gasteiger partial charge is 0.404 e. The predicted molar refractivity (Wildman–Crippen MR) is 83.5 cm³/mol. The molecule has 1 atom stereocenters. The summed E-state index contributed by atoms with van der Waals surface area (Å²) >= 11 is 0. The number of anilines is 1. The van der Waals surface area contributed by atoms with E-state index >= 15 is 0 Å². The zero-order valence-electron chi connectivity index (χ0n) is 11.9. The molecule has 1 aromatic carbocycles. The van der Waals surface area contributed by atoms with Crippen molar-refractivity contribution in [3.8, 4) is 0 Å². The second-order valence-corrected chi connectivity index (χ2v) is 5.07. The van der Waals surface area contributed by atoms with Gasteiger partial charge >= 0.3 is 7.12 Å². The molecule has 1 unspecified atom stereocenters. The predicted octanol–water partition coefficient (Wildman–Crippen LogP) is 1.29.